The molecule has 8 rings (SSSR count). The van der Waals surface area contributed by atoms with Gasteiger partial charge in [0, 0.05) is 67.6 Å². The SMILES string of the molecule is CC(OCCCCOC(=O)CCCCC(=O)O)C1C(=O)N(c2ccccc2)C(=O)C1CC(OCCCCOC(=O)CCCCC(=O)NCCCOC(CC1C(=O)N(c2ccc(Br)cc2)C(=O)C1C(C)OCCCN)C1C(=O)N(c2ccc(Br)cc2)C(=O)C1C)C1C(=O)N(c2ccccc2)C(=O)C1C. The highest BCUT2D eigenvalue weighted by Crippen LogP contribution is 2.44. The number of benzene rings is 4. The average molecular weight is 1560 g/mol. The van der Waals surface area contributed by atoms with Crippen molar-refractivity contribution in [1.82, 2.24) is 5.32 Å². The van der Waals surface area contributed by atoms with E-state index in [-0.39, 0.29) is 97.0 Å². The van der Waals surface area contributed by atoms with Crippen molar-refractivity contribution in [2.45, 2.75) is 155 Å². The fourth-order valence-electron chi connectivity index (χ4n) is 13.9. The summed E-state index contributed by atoms with van der Waals surface area (Å²) in [4.78, 5) is 169. The largest absolute Gasteiger partial charge is 0.481 e. The summed E-state index contributed by atoms with van der Waals surface area (Å²) in [5.41, 5.74) is 7.22. The van der Waals surface area contributed by atoms with E-state index in [2.05, 4.69) is 37.2 Å². The van der Waals surface area contributed by atoms with Crippen molar-refractivity contribution in [2.24, 2.45) is 53.1 Å². The maximum atomic E-state index is 14.7. The summed E-state index contributed by atoms with van der Waals surface area (Å²) >= 11 is 6.83. The van der Waals surface area contributed by atoms with Crippen LogP contribution in [0, 0.1) is 47.3 Å². The first-order valence-electron chi connectivity index (χ1n) is 35.6. The van der Waals surface area contributed by atoms with Crippen LogP contribution in [0.25, 0.3) is 0 Å². The van der Waals surface area contributed by atoms with Gasteiger partial charge < -0.3 is 44.6 Å². The summed E-state index contributed by atoms with van der Waals surface area (Å²) in [6, 6.07) is 30.5. The predicted molar refractivity (Wildman–Crippen MR) is 386 cm³/mol. The van der Waals surface area contributed by atoms with Crippen molar-refractivity contribution >= 4 is 126 Å². The number of carboxylic acid groups (broad SMARTS) is 1. The van der Waals surface area contributed by atoms with Gasteiger partial charge in [0.1, 0.15) is 0 Å². The maximum absolute atomic E-state index is 14.7. The van der Waals surface area contributed by atoms with Gasteiger partial charge in [-0.1, -0.05) is 82.1 Å². The fourth-order valence-corrected chi connectivity index (χ4v) is 14.4. The van der Waals surface area contributed by atoms with Gasteiger partial charge in [0.15, 0.2) is 0 Å². The minimum atomic E-state index is -1.04. The highest BCUT2D eigenvalue weighted by atomic mass is 79.9. The van der Waals surface area contributed by atoms with Crippen LogP contribution in [0.15, 0.2) is 118 Å². The van der Waals surface area contributed by atoms with E-state index in [0.29, 0.717) is 87.1 Å². The molecule has 556 valence electrons. The van der Waals surface area contributed by atoms with Crippen LogP contribution in [-0.4, -0.2) is 153 Å². The molecule has 12 atom stereocenters. The maximum Gasteiger partial charge on any atom is 0.305 e. The van der Waals surface area contributed by atoms with Crippen molar-refractivity contribution in [3.63, 3.8) is 0 Å². The molecule has 4 aromatic rings. The highest BCUT2D eigenvalue weighted by molar-refractivity contribution is 9.10. The number of carbonyl (C=O) groups excluding carboxylic acids is 11. The molecule has 0 saturated carbocycles. The first kappa shape index (κ1) is 80.8. The molecular formula is C76H94Br2N6O19. The number of ether oxygens (including phenoxy) is 6. The summed E-state index contributed by atoms with van der Waals surface area (Å²) in [5.74, 6) is -13.9. The van der Waals surface area contributed by atoms with Crippen LogP contribution in [0.5, 0.6) is 0 Å². The molecule has 0 bridgehead atoms. The van der Waals surface area contributed by atoms with E-state index in [9.17, 15) is 57.5 Å². The van der Waals surface area contributed by atoms with Gasteiger partial charge >= 0.3 is 17.9 Å². The van der Waals surface area contributed by atoms with Gasteiger partial charge in [-0.05, 0) is 170 Å². The molecule has 4 heterocycles. The number of hydrogen-bond acceptors (Lipinski definition) is 19. The Labute approximate surface area is 617 Å². The number of unbranched alkanes of at least 4 members (excludes halogenated alkanes) is 4. The quantitative estimate of drug-likeness (QED) is 0.0211. The Kier molecular flexibility index (Phi) is 31.2. The number of anilines is 4. The number of amides is 9. The topological polar surface area (TPSA) is 331 Å². The molecule has 12 unspecified atom stereocenters. The third-order valence-corrected chi connectivity index (χ3v) is 20.4. The first-order valence-corrected chi connectivity index (χ1v) is 37.2. The van der Waals surface area contributed by atoms with Crippen LogP contribution in [0.1, 0.15) is 130 Å². The summed E-state index contributed by atoms with van der Waals surface area (Å²) < 4.78 is 37.8. The average Bonchev–Trinajstić information content (AvgIpc) is 1.62. The van der Waals surface area contributed by atoms with Gasteiger partial charge in [-0.25, -0.2) is 19.6 Å². The van der Waals surface area contributed by atoms with Crippen molar-refractivity contribution in [1.29, 1.82) is 0 Å². The number of para-hydroxylation sites is 2. The zero-order valence-corrected chi connectivity index (χ0v) is 61.9. The molecule has 9 amide bonds. The van der Waals surface area contributed by atoms with Gasteiger partial charge in [0.25, 0.3) is 0 Å². The summed E-state index contributed by atoms with van der Waals surface area (Å²) in [5, 5.41) is 11.7. The normalized spacial score (nSPS) is 21.8. The van der Waals surface area contributed by atoms with Crippen molar-refractivity contribution in [3.8, 4) is 0 Å². The van der Waals surface area contributed by atoms with Crippen LogP contribution in [0.3, 0.4) is 0 Å². The van der Waals surface area contributed by atoms with Crippen LogP contribution in [-0.2, 0) is 86.0 Å². The third kappa shape index (κ3) is 21.4. The Morgan fingerprint density at radius 1 is 0.427 bits per heavy atom. The third-order valence-electron chi connectivity index (χ3n) is 19.3. The second-order valence-electron chi connectivity index (χ2n) is 26.5. The summed E-state index contributed by atoms with van der Waals surface area (Å²) in [6.45, 7) is 7.85. The molecule has 0 aliphatic carbocycles. The highest BCUT2D eigenvalue weighted by Gasteiger charge is 2.58. The van der Waals surface area contributed by atoms with Crippen molar-refractivity contribution in [2.75, 3.05) is 72.3 Å². The molecular weight excluding hydrogens is 1460 g/mol. The number of aliphatic carboxylic acids is 1. The monoisotopic (exact) mass is 1550 g/mol. The van der Waals surface area contributed by atoms with Gasteiger partial charge in [0.2, 0.25) is 53.2 Å². The van der Waals surface area contributed by atoms with Gasteiger partial charge in [-0.15, -0.1) is 0 Å². The molecule has 103 heavy (non-hydrogen) atoms. The number of carbonyl (C=O) groups is 12. The van der Waals surface area contributed by atoms with E-state index in [4.69, 9.17) is 39.3 Å². The number of nitrogens with one attached hydrogen (secondary N) is 1. The summed E-state index contributed by atoms with van der Waals surface area (Å²) in [6.07, 6.45) is 0.266. The number of esters is 2. The summed E-state index contributed by atoms with van der Waals surface area (Å²) in [7, 11) is 0. The fraction of sp³-hybridized carbons (Fsp3) is 0.526. The molecule has 4 aromatic carbocycles. The predicted octanol–water partition coefficient (Wildman–Crippen LogP) is 9.84. The second kappa shape index (κ2) is 39.8. The number of rotatable bonds is 43. The Balaban J connectivity index is 0.821. The Bertz CT molecular complexity index is 3590. The number of nitrogens with two attached hydrogens (primary N) is 1. The molecule has 4 saturated heterocycles. The van der Waals surface area contributed by atoms with Gasteiger partial charge in [-0.2, -0.15) is 0 Å². The van der Waals surface area contributed by atoms with E-state index in [1.165, 1.54) is 0 Å². The standard InChI is InChI=1S/C76H94Br2N6O19/c1-47-65(73(94)81(69(47)90)53-21-7-5-8-22-53)59(45-57-67(75(96)83(71(57)92)54-23-9-6-10-24-54)49(3)98-39-15-17-41-102-64(89)28-14-12-26-62(86)87)100-40-16-18-42-103-63(88)27-13-11-25-61(85)80-38-20-44-101-60(66-48(2)70(91)82(74(66)95)55-33-29-51(77)30-34-55)46-58-68(50(4)99-43-19-37-79)76(97)84(72(58)93)56-35-31-52(78)32-36-56/h5-10,21-24,29-36,47-50,57-60,65-68H,11-20,25-28,37-46,79H2,1-4H3,(H,80,85)(H,86,87). The van der Waals surface area contributed by atoms with Crippen molar-refractivity contribution < 1.29 is 91.1 Å². The molecule has 25 nitrogen and oxygen atoms in total. The number of imide groups is 4. The number of hydrogen-bond donors (Lipinski definition) is 3. The zero-order chi connectivity index (χ0) is 74.3. The Morgan fingerprint density at radius 3 is 1.19 bits per heavy atom. The van der Waals surface area contributed by atoms with Crippen LogP contribution in [0.2, 0.25) is 0 Å². The molecule has 0 aromatic heterocycles. The molecule has 27 heteroatoms. The lowest BCUT2D eigenvalue weighted by Crippen LogP contribution is -2.40. The number of nitrogens with zero attached hydrogens (tertiary/aromatic N) is 4. The molecule has 4 aliphatic heterocycles. The lowest BCUT2D eigenvalue weighted by molar-refractivity contribution is -0.145. The van der Waals surface area contributed by atoms with E-state index in [1.807, 2.05) is 0 Å². The van der Waals surface area contributed by atoms with E-state index in [0.717, 1.165) is 28.5 Å². The zero-order valence-electron chi connectivity index (χ0n) is 58.7. The minimum absolute atomic E-state index is 0.0156. The van der Waals surface area contributed by atoms with Crippen LogP contribution in [0.4, 0.5) is 22.7 Å². The van der Waals surface area contributed by atoms with Gasteiger partial charge in [0.05, 0.1) is 108 Å². The molecule has 0 spiro atoms. The number of halogens is 2. The van der Waals surface area contributed by atoms with Crippen LogP contribution >= 0.6 is 31.9 Å². The van der Waals surface area contributed by atoms with E-state index in [1.54, 1.807) is 137 Å². The molecule has 4 N–H and O–H groups in total. The van der Waals surface area contributed by atoms with E-state index < -0.39 is 137 Å². The first-order chi connectivity index (χ1) is 49.5. The molecule has 4 fully saturated rings. The Morgan fingerprint density at radius 2 is 0.777 bits per heavy atom. The van der Waals surface area contributed by atoms with Crippen LogP contribution < -0.4 is 30.7 Å². The van der Waals surface area contributed by atoms with Crippen molar-refractivity contribution in [3.05, 3.63) is 118 Å². The lowest BCUT2D eigenvalue weighted by atomic mass is 9.80. The minimum Gasteiger partial charge on any atom is -0.481 e. The molecule has 0 radical (unpaired) electrons. The van der Waals surface area contributed by atoms with Gasteiger partial charge in [-0.3, -0.25) is 57.5 Å². The Hall–Kier alpha value is -7.92. The second-order valence-corrected chi connectivity index (χ2v) is 28.3. The molecule has 4 aliphatic rings. The van der Waals surface area contributed by atoms with E-state index >= 15 is 0 Å². The number of carboxylic acids is 1. The lowest BCUT2D eigenvalue weighted by Gasteiger charge is -2.29. The smallest absolute Gasteiger partial charge is 0.305 e.